The summed E-state index contributed by atoms with van der Waals surface area (Å²) in [6.45, 7) is -0.488. The van der Waals surface area contributed by atoms with E-state index >= 15 is 0 Å². The van der Waals surface area contributed by atoms with Crippen molar-refractivity contribution in [1.82, 2.24) is 9.55 Å². The predicted molar refractivity (Wildman–Crippen MR) is 104 cm³/mol. The number of hydrogen-bond donors (Lipinski definition) is 2. The molecule has 0 saturated carbocycles. The minimum absolute atomic E-state index is 0.000566. The van der Waals surface area contributed by atoms with Crippen molar-refractivity contribution < 1.29 is 24.5 Å². The normalized spacial score (nSPS) is 11.1. The number of phenols is 1. The SMILES string of the molecule is COc1ccc2c(c1)nc(/C=C/c1ccc(O)c(OC)c1)c(=O)n2CC(=O)O. The lowest BCUT2D eigenvalue weighted by Crippen LogP contribution is -2.27. The maximum absolute atomic E-state index is 12.8. The zero-order valence-electron chi connectivity index (χ0n) is 15.2. The van der Waals surface area contributed by atoms with Crippen LogP contribution in [-0.4, -0.2) is 40.0 Å². The standard InChI is InChI=1S/C20H18N2O6/c1-27-13-5-7-16-15(10-13)21-14(20(26)22(16)11-19(24)25)6-3-12-4-8-17(23)18(9-12)28-2/h3-10,23H,11H2,1-2H3,(H,24,25)/b6-3+. The van der Waals surface area contributed by atoms with Crippen molar-refractivity contribution in [1.29, 1.82) is 0 Å². The first-order chi connectivity index (χ1) is 13.4. The Morgan fingerprint density at radius 2 is 1.93 bits per heavy atom. The molecule has 1 aromatic heterocycles. The molecular formula is C20H18N2O6. The maximum atomic E-state index is 12.8. The van der Waals surface area contributed by atoms with Crippen molar-refractivity contribution in [3.63, 3.8) is 0 Å². The van der Waals surface area contributed by atoms with E-state index in [1.807, 2.05) is 0 Å². The fraction of sp³-hybridized carbons (Fsp3) is 0.150. The van der Waals surface area contributed by atoms with Crippen LogP contribution in [0.4, 0.5) is 0 Å². The lowest BCUT2D eigenvalue weighted by molar-refractivity contribution is -0.137. The number of nitrogens with zero attached hydrogens (tertiary/aromatic N) is 2. The number of methoxy groups -OCH3 is 2. The maximum Gasteiger partial charge on any atom is 0.323 e. The number of fused-ring (bicyclic) bond motifs is 1. The highest BCUT2D eigenvalue weighted by Crippen LogP contribution is 2.27. The molecule has 0 aliphatic rings. The molecule has 0 unspecified atom stereocenters. The van der Waals surface area contributed by atoms with Gasteiger partial charge in [0.15, 0.2) is 11.5 Å². The predicted octanol–water partition coefficient (Wildman–Crippen LogP) is 2.37. The number of hydrogen-bond acceptors (Lipinski definition) is 6. The van der Waals surface area contributed by atoms with E-state index < -0.39 is 18.1 Å². The molecule has 0 aliphatic carbocycles. The lowest BCUT2D eigenvalue weighted by atomic mass is 10.1. The number of rotatable bonds is 6. The van der Waals surface area contributed by atoms with Gasteiger partial charge in [0.1, 0.15) is 18.0 Å². The van der Waals surface area contributed by atoms with Crippen molar-refractivity contribution in [2.24, 2.45) is 0 Å². The molecule has 8 nitrogen and oxygen atoms in total. The van der Waals surface area contributed by atoms with Gasteiger partial charge in [-0.05, 0) is 35.9 Å². The number of ether oxygens (including phenoxy) is 2. The van der Waals surface area contributed by atoms with Crippen LogP contribution >= 0.6 is 0 Å². The number of aliphatic carboxylic acids is 1. The largest absolute Gasteiger partial charge is 0.504 e. The van der Waals surface area contributed by atoms with Crippen molar-refractivity contribution in [3.8, 4) is 17.2 Å². The molecule has 3 aromatic rings. The Bertz CT molecular complexity index is 1130. The zero-order valence-corrected chi connectivity index (χ0v) is 15.2. The van der Waals surface area contributed by atoms with Gasteiger partial charge >= 0.3 is 5.97 Å². The number of carboxylic acid groups (broad SMARTS) is 1. The molecule has 0 spiro atoms. The third-order valence-electron chi connectivity index (χ3n) is 4.11. The first-order valence-corrected chi connectivity index (χ1v) is 8.28. The summed E-state index contributed by atoms with van der Waals surface area (Å²) in [5.74, 6) is -0.302. The van der Waals surface area contributed by atoms with Gasteiger partial charge in [-0.25, -0.2) is 4.98 Å². The van der Waals surface area contributed by atoms with Crippen LogP contribution in [0.5, 0.6) is 17.2 Å². The van der Waals surface area contributed by atoms with Crippen molar-refractivity contribution in [2.45, 2.75) is 6.54 Å². The molecule has 0 aliphatic heterocycles. The van der Waals surface area contributed by atoms with Gasteiger partial charge < -0.3 is 19.7 Å². The smallest absolute Gasteiger partial charge is 0.323 e. The van der Waals surface area contributed by atoms with Crippen molar-refractivity contribution in [3.05, 3.63) is 58.0 Å². The molecule has 144 valence electrons. The quantitative estimate of drug-likeness (QED) is 0.673. The molecule has 0 atom stereocenters. The second kappa shape index (κ2) is 7.83. The van der Waals surface area contributed by atoms with Gasteiger partial charge in [-0.2, -0.15) is 0 Å². The van der Waals surface area contributed by atoms with Gasteiger partial charge in [-0.15, -0.1) is 0 Å². The molecule has 1 heterocycles. The topological polar surface area (TPSA) is 111 Å². The molecule has 8 heteroatoms. The van der Waals surface area contributed by atoms with E-state index in [1.54, 1.807) is 36.4 Å². The van der Waals surface area contributed by atoms with E-state index in [-0.39, 0.29) is 11.4 Å². The average Bonchev–Trinajstić information content (AvgIpc) is 2.69. The summed E-state index contributed by atoms with van der Waals surface area (Å²) >= 11 is 0. The van der Waals surface area contributed by atoms with E-state index in [9.17, 15) is 19.8 Å². The van der Waals surface area contributed by atoms with Gasteiger partial charge in [0, 0.05) is 6.07 Å². The van der Waals surface area contributed by atoms with Crippen LogP contribution < -0.4 is 15.0 Å². The molecule has 0 radical (unpaired) electrons. The highest BCUT2D eigenvalue weighted by molar-refractivity contribution is 5.80. The van der Waals surface area contributed by atoms with E-state index in [0.29, 0.717) is 28.1 Å². The van der Waals surface area contributed by atoms with E-state index in [0.717, 1.165) is 4.57 Å². The van der Waals surface area contributed by atoms with Gasteiger partial charge in [-0.3, -0.25) is 14.2 Å². The molecule has 0 fully saturated rings. The average molecular weight is 382 g/mol. The Kier molecular flexibility index (Phi) is 5.30. The Morgan fingerprint density at radius 1 is 1.14 bits per heavy atom. The zero-order chi connectivity index (χ0) is 20.3. The Labute approximate surface area is 159 Å². The van der Waals surface area contributed by atoms with Crippen LogP contribution in [0.2, 0.25) is 0 Å². The molecule has 3 rings (SSSR count). The minimum Gasteiger partial charge on any atom is -0.504 e. The van der Waals surface area contributed by atoms with Crippen molar-refractivity contribution >= 4 is 29.2 Å². The first-order valence-electron chi connectivity index (χ1n) is 8.28. The summed E-state index contributed by atoms with van der Waals surface area (Å²) < 4.78 is 11.4. The Morgan fingerprint density at radius 3 is 2.61 bits per heavy atom. The van der Waals surface area contributed by atoms with Crippen LogP contribution in [-0.2, 0) is 11.3 Å². The van der Waals surface area contributed by atoms with Gasteiger partial charge in [0.05, 0.1) is 25.3 Å². The first kappa shape index (κ1) is 19.0. The molecule has 28 heavy (non-hydrogen) atoms. The van der Waals surface area contributed by atoms with E-state index in [4.69, 9.17) is 9.47 Å². The second-order valence-corrected chi connectivity index (χ2v) is 5.90. The third kappa shape index (κ3) is 3.80. The molecule has 0 bridgehead atoms. The molecule has 0 amide bonds. The molecule has 2 aromatic carbocycles. The van der Waals surface area contributed by atoms with E-state index in [2.05, 4.69) is 4.98 Å². The molecular weight excluding hydrogens is 364 g/mol. The van der Waals surface area contributed by atoms with E-state index in [1.165, 1.54) is 26.4 Å². The number of carboxylic acids is 1. The lowest BCUT2D eigenvalue weighted by Gasteiger charge is -2.10. The van der Waals surface area contributed by atoms with Crippen LogP contribution in [0, 0.1) is 0 Å². The number of phenolic OH excluding ortho intramolecular Hbond substituents is 1. The van der Waals surface area contributed by atoms with Gasteiger partial charge in [0.2, 0.25) is 0 Å². The third-order valence-corrected chi connectivity index (χ3v) is 4.11. The van der Waals surface area contributed by atoms with Crippen LogP contribution in [0.15, 0.2) is 41.2 Å². The number of aromatic hydroxyl groups is 1. The number of benzene rings is 2. The summed E-state index contributed by atoms with van der Waals surface area (Å²) in [6, 6.07) is 9.59. The monoisotopic (exact) mass is 382 g/mol. The summed E-state index contributed by atoms with van der Waals surface area (Å²) in [5.41, 5.74) is 1.06. The number of aromatic nitrogens is 2. The van der Waals surface area contributed by atoms with Crippen LogP contribution in [0.25, 0.3) is 23.2 Å². The summed E-state index contributed by atoms with van der Waals surface area (Å²) in [6.07, 6.45) is 3.12. The summed E-state index contributed by atoms with van der Waals surface area (Å²) in [5, 5.41) is 18.8. The van der Waals surface area contributed by atoms with Gasteiger partial charge in [-0.1, -0.05) is 12.1 Å². The highest BCUT2D eigenvalue weighted by Gasteiger charge is 2.13. The minimum atomic E-state index is -1.14. The van der Waals surface area contributed by atoms with Gasteiger partial charge in [0.25, 0.3) is 5.56 Å². The second-order valence-electron chi connectivity index (χ2n) is 5.90. The fourth-order valence-corrected chi connectivity index (χ4v) is 2.75. The van der Waals surface area contributed by atoms with Crippen molar-refractivity contribution in [2.75, 3.05) is 14.2 Å². The highest BCUT2D eigenvalue weighted by atomic mass is 16.5. The van der Waals surface area contributed by atoms with Crippen LogP contribution in [0.3, 0.4) is 0 Å². The Hall–Kier alpha value is -3.81. The molecule has 0 saturated heterocycles. The summed E-state index contributed by atoms with van der Waals surface area (Å²) in [7, 11) is 2.94. The summed E-state index contributed by atoms with van der Waals surface area (Å²) in [4.78, 5) is 28.3. The fourth-order valence-electron chi connectivity index (χ4n) is 2.75. The van der Waals surface area contributed by atoms with Crippen LogP contribution in [0.1, 0.15) is 11.3 Å². The number of carbonyl (C=O) groups is 1. The Balaban J connectivity index is 2.13. The molecule has 2 N–H and O–H groups in total.